The van der Waals surface area contributed by atoms with E-state index in [4.69, 9.17) is 21.1 Å². The Hall–Kier alpha value is -2.73. The van der Waals surface area contributed by atoms with Crippen LogP contribution in [0.25, 0.3) is 0 Å². The molecule has 1 saturated carbocycles. The predicted molar refractivity (Wildman–Crippen MR) is 126 cm³/mol. The molecule has 1 aromatic carbocycles. The molecule has 1 atom stereocenters. The quantitative estimate of drug-likeness (QED) is 0.473. The molecule has 9 nitrogen and oxygen atoms in total. The molecule has 1 N–H and O–H groups in total. The van der Waals surface area contributed by atoms with Crippen molar-refractivity contribution < 1.29 is 37.0 Å². The van der Waals surface area contributed by atoms with Crippen LogP contribution < -0.4 is 5.32 Å². The largest absolute Gasteiger partial charge is 0.510 e. The summed E-state index contributed by atoms with van der Waals surface area (Å²) in [6.07, 6.45) is -3.14. The zero-order valence-electron chi connectivity index (χ0n) is 20.7. The molecule has 0 radical (unpaired) electrons. The predicted octanol–water partition coefficient (Wildman–Crippen LogP) is 3.83. The molecule has 3 aliphatic rings. The van der Waals surface area contributed by atoms with Crippen LogP contribution in [0, 0.1) is 5.92 Å². The van der Waals surface area contributed by atoms with Gasteiger partial charge in [0.1, 0.15) is 6.61 Å². The highest BCUT2D eigenvalue weighted by molar-refractivity contribution is 6.31. The van der Waals surface area contributed by atoms with Gasteiger partial charge in [-0.3, -0.25) is 9.69 Å². The van der Waals surface area contributed by atoms with Gasteiger partial charge in [-0.1, -0.05) is 11.6 Å². The van der Waals surface area contributed by atoms with Gasteiger partial charge in [0.15, 0.2) is 6.73 Å². The average Bonchev–Trinajstić information content (AvgIpc) is 3.50. The third-order valence-electron chi connectivity index (χ3n) is 7.03. The number of hydrogen-bond acceptors (Lipinski definition) is 6. The number of nitrogens with one attached hydrogen (secondary N) is 1. The zero-order chi connectivity index (χ0) is 27.0. The summed E-state index contributed by atoms with van der Waals surface area (Å²) in [6, 6.07) is 1.90. The van der Waals surface area contributed by atoms with E-state index in [1.165, 1.54) is 15.9 Å². The first-order chi connectivity index (χ1) is 17.4. The molecule has 1 aliphatic carbocycles. The van der Waals surface area contributed by atoms with Crippen molar-refractivity contribution >= 4 is 29.7 Å². The number of alkyl halides is 3. The van der Waals surface area contributed by atoms with Crippen molar-refractivity contribution in [2.45, 2.75) is 50.5 Å². The third kappa shape index (κ3) is 6.40. The molecule has 2 fully saturated rings. The van der Waals surface area contributed by atoms with Gasteiger partial charge in [0.2, 0.25) is 5.91 Å². The number of ether oxygens (including phenoxy) is 2. The summed E-state index contributed by atoms with van der Waals surface area (Å²) >= 11 is 5.83. The molecule has 1 unspecified atom stereocenters. The molecule has 13 heteroatoms. The summed E-state index contributed by atoms with van der Waals surface area (Å²) in [7, 11) is 3.68. The highest BCUT2D eigenvalue weighted by Gasteiger charge is 2.52. The monoisotopic (exact) mass is 546 g/mol. The minimum atomic E-state index is -4.57. The van der Waals surface area contributed by atoms with Gasteiger partial charge in [-0.2, -0.15) is 13.2 Å². The molecule has 204 valence electrons. The molecule has 1 aromatic rings. The van der Waals surface area contributed by atoms with Crippen molar-refractivity contribution in [1.82, 2.24) is 20.0 Å². The van der Waals surface area contributed by atoms with Crippen LogP contribution in [0.2, 0.25) is 5.02 Å². The molecular formula is C24H30ClF3N4O5. The van der Waals surface area contributed by atoms with Gasteiger partial charge < -0.3 is 24.6 Å². The van der Waals surface area contributed by atoms with Crippen LogP contribution in [0.15, 0.2) is 12.1 Å². The van der Waals surface area contributed by atoms with E-state index >= 15 is 0 Å². The molecule has 0 spiro atoms. The minimum Gasteiger partial charge on any atom is -0.433 e. The van der Waals surface area contributed by atoms with Crippen LogP contribution >= 0.6 is 11.6 Å². The first-order valence-corrected chi connectivity index (χ1v) is 12.4. The van der Waals surface area contributed by atoms with E-state index in [1.54, 1.807) is 0 Å². The number of halogens is 4. The van der Waals surface area contributed by atoms with Crippen LogP contribution in [-0.2, 0) is 33.5 Å². The lowest BCUT2D eigenvalue weighted by Crippen LogP contribution is -2.46. The molecule has 4 rings (SSSR count). The van der Waals surface area contributed by atoms with Crippen LogP contribution in [0.4, 0.5) is 22.8 Å². The van der Waals surface area contributed by atoms with Gasteiger partial charge in [-0.05, 0) is 62.5 Å². The number of urea groups is 1. The second-order valence-corrected chi connectivity index (χ2v) is 10.5. The van der Waals surface area contributed by atoms with E-state index in [1.807, 2.05) is 19.0 Å². The fourth-order valence-electron chi connectivity index (χ4n) is 4.85. The molecule has 0 aromatic heterocycles. The number of carbonyl (C=O) groups is 3. The normalized spacial score (nSPS) is 21.3. The summed E-state index contributed by atoms with van der Waals surface area (Å²) in [5.41, 5.74) is -0.521. The number of amides is 3. The Morgan fingerprint density at radius 3 is 2.49 bits per heavy atom. The Morgan fingerprint density at radius 2 is 1.86 bits per heavy atom. The van der Waals surface area contributed by atoms with E-state index in [9.17, 15) is 27.6 Å². The van der Waals surface area contributed by atoms with Gasteiger partial charge >= 0.3 is 18.4 Å². The van der Waals surface area contributed by atoms with Crippen molar-refractivity contribution in [2.75, 3.05) is 40.5 Å². The highest BCUT2D eigenvalue weighted by Crippen LogP contribution is 2.45. The molecular weight excluding hydrogens is 517 g/mol. The second kappa shape index (κ2) is 10.6. The molecule has 2 aliphatic heterocycles. The van der Waals surface area contributed by atoms with E-state index in [2.05, 4.69) is 5.32 Å². The summed E-state index contributed by atoms with van der Waals surface area (Å²) < 4.78 is 49.6. The number of benzene rings is 1. The Bertz CT molecular complexity index is 1070. The Morgan fingerprint density at radius 1 is 1.19 bits per heavy atom. The maximum Gasteiger partial charge on any atom is 0.510 e. The number of likely N-dealkylation sites (N-methyl/N-ethyl adjacent to an activating group) is 1. The molecule has 37 heavy (non-hydrogen) atoms. The SMILES string of the molecule is CN(C)CCOC(=O)OCN1CC(CCC(=O)N2Cc3cc(Cl)c(C(F)(F)F)cc3C2)(C2CC2)NC1=O. The fraction of sp³-hybridized carbons (Fsp3) is 0.625. The van der Waals surface area contributed by atoms with Crippen LogP contribution in [0.5, 0.6) is 0 Å². The third-order valence-corrected chi connectivity index (χ3v) is 7.34. The van der Waals surface area contributed by atoms with Crippen molar-refractivity contribution in [3.63, 3.8) is 0 Å². The van der Waals surface area contributed by atoms with Gasteiger partial charge in [0, 0.05) is 32.6 Å². The van der Waals surface area contributed by atoms with E-state index < -0.39 is 23.4 Å². The van der Waals surface area contributed by atoms with Gasteiger partial charge in [0.05, 0.1) is 16.1 Å². The second-order valence-electron chi connectivity index (χ2n) is 10.1. The Balaban J connectivity index is 1.31. The zero-order valence-corrected chi connectivity index (χ0v) is 21.5. The summed E-state index contributed by atoms with van der Waals surface area (Å²) in [4.78, 5) is 42.1. The van der Waals surface area contributed by atoms with Crippen molar-refractivity contribution in [2.24, 2.45) is 5.92 Å². The number of hydrogen-bond donors (Lipinski definition) is 1. The smallest absolute Gasteiger partial charge is 0.433 e. The van der Waals surface area contributed by atoms with Crippen LogP contribution in [0.3, 0.4) is 0 Å². The molecule has 0 bridgehead atoms. The van der Waals surface area contributed by atoms with Gasteiger partial charge in [0.25, 0.3) is 0 Å². The van der Waals surface area contributed by atoms with E-state index in [0.717, 1.165) is 18.9 Å². The topological polar surface area (TPSA) is 91.4 Å². The lowest BCUT2D eigenvalue weighted by molar-refractivity contribution is -0.137. The maximum atomic E-state index is 13.2. The summed E-state index contributed by atoms with van der Waals surface area (Å²) in [6.45, 7) is 0.975. The van der Waals surface area contributed by atoms with Crippen molar-refractivity contribution in [3.8, 4) is 0 Å². The van der Waals surface area contributed by atoms with E-state index in [-0.39, 0.29) is 62.3 Å². The molecule has 1 saturated heterocycles. The highest BCUT2D eigenvalue weighted by atomic mass is 35.5. The summed E-state index contributed by atoms with van der Waals surface area (Å²) in [5, 5.41) is 2.61. The number of carbonyl (C=O) groups excluding carboxylic acids is 3. The number of fused-ring (bicyclic) bond motifs is 1. The lowest BCUT2D eigenvalue weighted by atomic mass is 9.88. The van der Waals surface area contributed by atoms with Gasteiger partial charge in [-0.25, -0.2) is 9.59 Å². The lowest BCUT2D eigenvalue weighted by Gasteiger charge is -2.29. The Labute approximate surface area is 217 Å². The van der Waals surface area contributed by atoms with E-state index in [0.29, 0.717) is 24.1 Å². The fourth-order valence-corrected chi connectivity index (χ4v) is 5.14. The van der Waals surface area contributed by atoms with Crippen molar-refractivity contribution in [3.05, 3.63) is 33.8 Å². The first kappa shape index (κ1) is 27.3. The first-order valence-electron chi connectivity index (χ1n) is 12.1. The molecule has 2 heterocycles. The number of nitrogens with zero attached hydrogens (tertiary/aromatic N) is 3. The van der Waals surface area contributed by atoms with Crippen LogP contribution in [0.1, 0.15) is 42.4 Å². The molecule has 3 amide bonds. The number of rotatable bonds is 9. The standard InChI is InChI=1S/C24H30ClF3N4O5/c1-30(2)7-8-36-22(35)37-14-32-13-23(17-3-4-17,29-21(32)34)6-5-20(33)31-11-15-9-18(24(26,27)28)19(25)10-16(15)12-31/h9-10,17H,3-8,11-14H2,1-2H3,(H,29,34). The average molecular weight is 547 g/mol. The summed E-state index contributed by atoms with van der Waals surface area (Å²) in [5.74, 6) is -0.0143. The maximum absolute atomic E-state index is 13.2. The van der Waals surface area contributed by atoms with Crippen molar-refractivity contribution in [1.29, 1.82) is 0 Å². The Kier molecular flexibility index (Phi) is 7.80. The van der Waals surface area contributed by atoms with Gasteiger partial charge in [-0.15, -0.1) is 0 Å². The van der Waals surface area contributed by atoms with Crippen LogP contribution in [-0.4, -0.2) is 78.9 Å². The minimum absolute atomic E-state index is 0.0765.